The van der Waals surface area contributed by atoms with E-state index in [-0.39, 0.29) is 11.9 Å². The van der Waals surface area contributed by atoms with Gasteiger partial charge in [-0.05, 0) is 58.1 Å². The van der Waals surface area contributed by atoms with Crippen LogP contribution in [0.25, 0.3) is 11.0 Å². The number of carbonyl (C=O) groups is 1. The van der Waals surface area contributed by atoms with Gasteiger partial charge < -0.3 is 10.1 Å². The molecule has 0 aliphatic carbocycles. The summed E-state index contributed by atoms with van der Waals surface area (Å²) in [5.41, 5.74) is 4.25. The second-order valence-electron chi connectivity index (χ2n) is 7.39. The van der Waals surface area contributed by atoms with Gasteiger partial charge in [0.05, 0.1) is 6.20 Å². The van der Waals surface area contributed by atoms with E-state index in [1.165, 1.54) is 5.56 Å². The van der Waals surface area contributed by atoms with Crippen molar-refractivity contribution in [1.82, 2.24) is 20.1 Å². The highest BCUT2D eigenvalue weighted by atomic mass is 16.5. The summed E-state index contributed by atoms with van der Waals surface area (Å²) in [5.74, 6) is 0.0836. The van der Waals surface area contributed by atoms with Crippen molar-refractivity contribution in [3.05, 3.63) is 23.0 Å². The fourth-order valence-corrected chi connectivity index (χ4v) is 3.22. The molecule has 2 aromatic rings. The van der Waals surface area contributed by atoms with Crippen molar-refractivity contribution in [2.75, 3.05) is 19.8 Å². The van der Waals surface area contributed by atoms with Crippen LogP contribution in [0.4, 0.5) is 0 Å². The Labute approximate surface area is 162 Å². The van der Waals surface area contributed by atoms with E-state index < -0.39 is 0 Å². The fourth-order valence-electron chi connectivity index (χ4n) is 3.22. The average Bonchev–Trinajstić information content (AvgIpc) is 3.05. The largest absolute Gasteiger partial charge is 0.381 e. The summed E-state index contributed by atoms with van der Waals surface area (Å²) in [7, 11) is 0. The first-order valence-corrected chi connectivity index (χ1v) is 10.1. The zero-order valence-electron chi connectivity index (χ0n) is 17.5. The summed E-state index contributed by atoms with van der Waals surface area (Å²) in [5, 5.41) is 8.53. The Morgan fingerprint density at radius 1 is 1.26 bits per heavy atom. The molecule has 0 aliphatic heterocycles. The van der Waals surface area contributed by atoms with Crippen molar-refractivity contribution < 1.29 is 9.53 Å². The number of nitrogens with zero attached hydrogens (tertiary/aromatic N) is 3. The molecular formula is C21H34N4O2. The number of pyridine rings is 1. The zero-order chi connectivity index (χ0) is 19.8. The number of nitrogens with one attached hydrogen (secondary N) is 1. The Morgan fingerprint density at radius 3 is 2.70 bits per heavy atom. The molecule has 0 atom stereocenters. The van der Waals surface area contributed by atoms with Gasteiger partial charge in [-0.25, -0.2) is 9.67 Å². The Balaban J connectivity index is 1.87. The number of carbonyl (C=O) groups excluding carboxylic acids is 1. The maximum Gasteiger partial charge on any atom is 0.220 e. The van der Waals surface area contributed by atoms with Crippen molar-refractivity contribution in [2.45, 2.75) is 72.8 Å². The third-order valence-corrected chi connectivity index (χ3v) is 4.86. The monoisotopic (exact) mass is 374 g/mol. The second-order valence-corrected chi connectivity index (χ2v) is 7.39. The molecule has 0 fully saturated rings. The number of aromatic nitrogens is 3. The molecule has 6 nitrogen and oxygen atoms in total. The van der Waals surface area contributed by atoms with Crippen LogP contribution in [-0.2, 0) is 16.0 Å². The van der Waals surface area contributed by atoms with Gasteiger partial charge >= 0.3 is 0 Å². The van der Waals surface area contributed by atoms with Crippen LogP contribution in [0.2, 0.25) is 0 Å². The minimum Gasteiger partial charge on any atom is -0.381 e. The van der Waals surface area contributed by atoms with Crippen molar-refractivity contribution in [1.29, 1.82) is 0 Å². The van der Waals surface area contributed by atoms with Gasteiger partial charge in [-0.15, -0.1) is 0 Å². The molecule has 0 unspecified atom stereocenters. The van der Waals surface area contributed by atoms with E-state index in [0.29, 0.717) is 26.0 Å². The average molecular weight is 375 g/mol. The number of amides is 1. The number of unbranched alkanes of at least 4 members (excludes halogenated alkanes) is 1. The zero-order valence-corrected chi connectivity index (χ0v) is 17.5. The van der Waals surface area contributed by atoms with Crippen LogP contribution < -0.4 is 5.32 Å². The van der Waals surface area contributed by atoms with Crippen molar-refractivity contribution in [3.63, 3.8) is 0 Å². The van der Waals surface area contributed by atoms with Crippen molar-refractivity contribution in [2.24, 2.45) is 0 Å². The molecular weight excluding hydrogens is 340 g/mol. The third kappa shape index (κ3) is 5.76. The predicted octanol–water partition coefficient (Wildman–Crippen LogP) is 3.88. The minimum atomic E-state index is 0.0836. The quantitative estimate of drug-likeness (QED) is 0.606. The third-order valence-electron chi connectivity index (χ3n) is 4.86. The molecule has 1 amide bonds. The first kappa shape index (κ1) is 21.4. The lowest BCUT2D eigenvalue weighted by atomic mass is 10.0. The normalized spacial score (nSPS) is 11.5. The van der Waals surface area contributed by atoms with Crippen LogP contribution in [0.3, 0.4) is 0 Å². The van der Waals surface area contributed by atoms with Crippen LogP contribution >= 0.6 is 0 Å². The van der Waals surface area contributed by atoms with Gasteiger partial charge in [0.25, 0.3) is 0 Å². The fraction of sp³-hybridized carbons (Fsp3) is 0.667. The molecule has 150 valence electrons. The van der Waals surface area contributed by atoms with Gasteiger partial charge in [-0.3, -0.25) is 4.79 Å². The Bertz CT molecular complexity index is 752. The molecule has 0 radical (unpaired) electrons. The second kappa shape index (κ2) is 10.4. The molecule has 2 rings (SSSR count). The van der Waals surface area contributed by atoms with Gasteiger partial charge in [-0.1, -0.05) is 13.3 Å². The minimum absolute atomic E-state index is 0.0836. The van der Waals surface area contributed by atoms with Crippen molar-refractivity contribution >= 4 is 16.9 Å². The maximum atomic E-state index is 12.1. The van der Waals surface area contributed by atoms with Gasteiger partial charge in [0.15, 0.2) is 5.65 Å². The van der Waals surface area contributed by atoms with Gasteiger partial charge in [-0.2, -0.15) is 5.10 Å². The Hall–Kier alpha value is -1.95. The molecule has 0 saturated heterocycles. The van der Waals surface area contributed by atoms with E-state index in [2.05, 4.69) is 38.1 Å². The van der Waals surface area contributed by atoms with Crippen LogP contribution in [0, 0.1) is 13.8 Å². The Kier molecular flexibility index (Phi) is 8.23. The van der Waals surface area contributed by atoms with Gasteiger partial charge in [0, 0.05) is 43.3 Å². The van der Waals surface area contributed by atoms with E-state index >= 15 is 0 Å². The lowest BCUT2D eigenvalue weighted by Crippen LogP contribution is -2.25. The molecule has 0 bridgehead atoms. The van der Waals surface area contributed by atoms with E-state index in [9.17, 15) is 4.79 Å². The molecule has 6 heteroatoms. The summed E-state index contributed by atoms with van der Waals surface area (Å²) < 4.78 is 7.46. The van der Waals surface area contributed by atoms with E-state index in [4.69, 9.17) is 9.72 Å². The highest BCUT2D eigenvalue weighted by Crippen LogP contribution is 2.25. The first-order valence-electron chi connectivity index (χ1n) is 10.1. The molecule has 0 saturated carbocycles. The standard InChI is InChI=1S/C21H34N4O2/c1-6-7-12-27-13-8-11-22-20(26)10-9-18-16(4)19-14-23-25(15(2)3)21(19)24-17(18)5/h14-15H,6-13H2,1-5H3,(H,22,26). The number of ether oxygens (including phenoxy) is 1. The lowest BCUT2D eigenvalue weighted by molar-refractivity contribution is -0.121. The number of rotatable bonds is 11. The summed E-state index contributed by atoms with van der Waals surface area (Å²) in [6.07, 6.45) is 6.17. The summed E-state index contributed by atoms with van der Waals surface area (Å²) in [6, 6.07) is 0.274. The molecule has 27 heavy (non-hydrogen) atoms. The summed E-state index contributed by atoms with van der Waals surface area (Å²) in [6.45, 7) is 12.7. The lowest BCUT2D eigenvalue weighted by Gasteiger charge is -2.12. The van der Waals surface area contributed by atoms with Crippen molar-refractivity contribution in [3.8, 4) is 0 Å². The number of hydrogen-bond acceptors (Lipinski definition) is 4. The summed E-state index contributed by atoms with van der Waals surface area (Å²) >= 11 is 0. The first-order chi connectivity index (χ1) is 13.0. The van der Waals surface area contributed by atoms with Gasteiger partial charge in [0.1, 0.15) is 0 Å². The summed E-state index contributed by atoms with van der Waals surface area (Å²) in [4.78, 5) is 16.9. The molecule has 1 N–H and O–H groups in total. The SMILES string of the molecule is CCCCOCCCNC(=O)CCc1c(C)nc2c(cnn2C(C)C)c1C. The smallest absolute Gasteiger partial charge is 0.220 e. The van der Waals surface area contributed by atoms with Crippen LogP contribution in [0.1, 0.15) is 69.3 Å². The van der Waals surface area contributed by atoms with Crippen LogP contribution in [-0.4, -0.2) is 40.4 Å². The molecule has 2 heterocycles. The topological polar surface area (TPSA) is 69.0 Å². The highest BCUT2D eigenvalue weighted by molar-refractivity contribution is 5.81. The molecule has 0 aromatic carbocycles. The molecule has 0 spiro atoms. The van der Waals surface area contributed by atoms with Crippen LogP contribution in [0.5, 0.6) is 0 Å². The number of hydrogen-bond donors (Lipinski definition) is 1. The van der Waals surface area contributed by atoms with E-state index in [1.54, 1.807) is 0 Å². The predicted molar refractivity (Wildman–Crippen MR) is 109 cm³/mol. The highest BCUT2D eigenvalue weighted by Gasteiger charge is 2.15. The molecule has 2 aromatic heterocycles. The van der Waals surface area contributed by atoms with E-state index in [1.807, 2.05) is 17.8 Å². The molecule has 0 aliphatic rings. The number of fused-ring (bicyclic) bond motifs is 1. The van der Waals surface area contributed by atoms with Gasteiger partial charge in [0.2, 0.25) is 5.91 Å². The number of aryl methyl sites for hydroxylation is 2. The maximum absolute atomic E-state index is 12.1. The van der Waals surface area contributed by atoms with E-state index in [0.717, 1.165) is 48.2 Å². The Morgan fingerprint density at radius 2 is 2.00 bits per heavy atom. The van der Waals surface area contributed by atoms with Crippen LogP contribution in [0.15, 0.2) is 6.20 Å².